The predicted octanol–water partition coefficient (Wildman–Crippen LogP) is 2.66. The highest BCUT2D eigenvalue weighted by Gasteiger charge is 1.85. The van der Waals surface area contributed by atoms with Crippen molar-refractivity contribution < 1.29 is 0 Å². The van der Waals surface area contributed by atoms with Crippen LogP contribution in [0.4, 0.5) is 0 Å². The minimum Gasteiger partial charge on any atom is -0.308 e. The summed E-state index contributed by atoms with van der Waals surface area (Å²) in [5, 5.41) is 6.98. The van der Waals surface area contributed by atoms with Gasteiger partial charge in [0.2, 0.25) is 0 Å². The third-order valence-electron chi connectivity index (χ3n) is 1.22. The molecule has 0 rings (SSSR count). The third kappa shape index (κ3) is 5.52. The van der Waals surface area contributed by atoms with E-state index in [9.17, 15) is 0 Å². The maximum Gasteiger partial charge on any atom is 0.0311 e. The van der Waals surface area contributed by atoms with Gasteiger partial charge in [-0.25, -0.2) is 0 Å². The van der Waals surface area contributed by atoms with Gasteiger partial charge in [0.15, 0.2) is 0 Å². The molecule has 0 radical (unpaired) electrons. The fraction of sp³-hybridized carbons (Fsp3) is 0.556. The van der Waals surface area contributed by atoms with Crippen LogP contribution in [-0.4, -0.2) is 12.4 Å². The van der Waals surface area contributed by atoms with Gasteiger partial charge in [-0.2, -0.15) is 0 Å². The summed E-state index contributed by atoms with van der Waals surface area (Å²) in [6.45, 7) is 6.17. The highest BCUT2D eigenvalue weighted by Crippen LogP contribution is 1.96. The molecule has 1 N–H and O–H groups in total. The lowest BCUT2D eigenvalue weighted by atomic mass is 10.2. The number of nitrogens with one attached hydrogen (secondary N) is 1. The highest BCUT2D eigenvalue weighted by molar-refractivity contribution is 5.76. The van der Waals surface area contributed by atoms with E-state index < -0.39 is 0 Å². The molecule has 0 aliphatic rings. The van der Waals surface area contributed by atoms with Gasteiger partial charge in [-0.1, -0.05) is 20.8 Å². The maximum absolute atomic E-state index is 6.98. The van der Waals surface area contributed by atoms with Crippen molar-refractivity contribution in [1.29, 1.82) is 5.41 Å². The lowest BCUT2D eigenvalue weighted by Gasteiger charge is -1.92. The largest absolute Gasteiger partial charge is 0.308 e. The van der Waals surface area contributed by atoms with Crippen molar-refractivity contribution >= 4 is 12.4 Å². The summed E-state index contributed by atoms with van der Waals surface area (Å²) in [7, 11) is 0. The fourth-order valence-electron chi connectivity index (χ4n) is 0.542. The van der Waals surface area contributed by atoms with Gasteiger partial charge < -0.3 is 5.41 Å². The first-order valence-electron chi connectivity index (χ1n) is 3.93. The molecule has 0 saturated carbocycles. The summed E-state index contributed by atoms with van der Waals surface area (Å²) in [6, 6.07) is 0. The topological polar surface area (TPSA) is 36.2 Å². The van der Waals surface area contributed by atoms with Crippen LogP contribution in [0.15, 0.2) is 16.8 Å². The second kappa shape index (κ2) is 5.83. The van der Waals surface area contributed by atoms with Gasteiger partial charge in [0, 0.05) is 18.6 Å². The van der Waals surface area contributed by atoms with E-state index in [1.54, 1.807) is 6.20 Å². The molecule has 0 spiro atoms. The molecule has 0 amide bonds. The first-order chi connectivity index (χ1) is 5.20. The van der Waals surface area contributed by atoms with Crippen LogP contribution in [0, 0.1) is 11.3 Å². The van der Waals surface area contributed by atoms with Crippen molar-refractivity contribution in [3.05, 3.63) is 11.8 Å². The summed E-state index contributed by atoms with van der Waals surface area (Å²) in [5.41, 5.74) is 0.960. The van der Waals surface area contributed by atoms with Gasteiger partial charge in [-0.05, 0) is 17.9 Å². The van der Waals surface area contributed by atoms with Crippen molar-refractivity contribution in [2.45, 2.75) is 27.2 Å². The van der Waals surface area contributed by atoms with Gasteiger partial charge in [0.05, 0.1) is 0 Å². The molecule has 0 aliphatic heterocycles. The summed E-state index contributed by atoms with van der Waals surface area (Å²) in [4.78, 5) is 4.07. The van der Waals surface area contributed by atoms with Crippen LogP contribution in [0.25, 0.3) is 0 Å². The van der Waals surface area contributed by atoms with Crippen LogP contribution in [0.5, 0.6) is 0 Å². The Morgan fingerprint density at radius 3 is 2.55 bits per heavy atom. The summed E-state index contributed by atoms with van der Waals surface area (Å²) in [5.74, 6) is 0.482. The summed E-state index contributed by atoms with van der Waals surface area (Å²) < 4.78 is 0. The molecular formula is C9H16N2. The smallest absolute Gasteiger partial charge is 0.0311 e. The number of hydrogen-bond donors (Lipinski definition) is 1. The molecule has 2 heteroatoms. The molecule has 0 aromatic heterocycles. The number of hydrogen-bond acceptors (Lipinski definition) is 2. The van der Waals surface area contributed by atoms with Gasteiger partial charge >= 0.3 is 0 Å². The molecule has 0 saturated heterocycles. The fourth-order valence-corrected chi connectivity index (χ4v) is 0.542. The lowest BCUT2D eigenvalue weighted by Crippen LogP contribution is -1.86. The van der Waals surface area contributed by atoms with E-state index in [0.29, 0.717) is 5.92 Å². The Bertz CT molecular complexity index is 166. The Morgan fingerprint density at radius 2 is 2.18 bits per heavy atom. The molecule has 0 bridgehead atoms. The maximum atomic E-state index is 6.98. The second-order valence-electron chi connectivity index (χ2n) is 2.74. The minimum atomic E-state index is 0.482. The Morgan fingerprint density at radius 1 is 1.55 bits per heavy atom. The van der Waals surface area contributed by atoms with Crippen LogP contribution >= 0.6 is 0 Å². The standard InChI is InChI=1S/C9H16N2/c1-4-9(5-10)7-11-6-8(2)3/h5-8,10H,4H2,1-3H3/b9-7-,10-5?,11-6?. The lowest BCUT2D eigenvalue weighted by molar-refractivity contribution is 0.907. The van der Waals surface area contributed by atoms with Gasteiger partial charge in [-0.15, -0.1) is 0 Å². The highest BCUT2D eigenvalue weighted by atomic mass is 14.7. The zero-order valence-corrected chi connectivity index (χ0v) is 7.46. The molecule has 0 aromatic carbocycles. The van der Waals surface area contributed by atoms with Crippen molar-refractivity contribution in [3.8, 4) is 0 Å². The Balaban J connectivity index is 3.97. The van der Waals surface area contributed by atoms with Crippen molar-refractivity contribution in [3.63, 3.8) is 0 Å². The van der Waals surface area contributed by atoms with E-state index in [4.69, 9.17) is 5.41 Å². The van der Waals surface area contributed by atoms with E-state index in [-0.39, 0.29) is 0 Å². The minimum absolute atomic E-state index is 0.482. The average Bonchev–Trinajstić information content (AvgIpc) is 1.98. The normalized spacial score (nSPS) is 12.9. The van der Waals surface area contributed by atoms with Gasteiger partial charge in [0.25, 0.3) is 0 Å². The first kappa shape index (κ1) is 10.1. The Labute approximate surface area is 68.5 Å². The van der Waals surface area contributed by atoms with E-state index in [1.165, 1.54) is 6.21 Å². The molecule has 0 unspecified atom stereocenters. The Kier molecular flexibility index (Phi) is 5.35. The summed E-state index contributed by atoms with van der Waals surface area (Å²) in [6.07, 6.45) is 5.84. The number of rotatable bonds is 4. The van der Waals surface area contributed by atoms with Crippen LogP contribution in [-0.2, 0) is 0 Å². The third-order valence-corrected chi connectivity index (χ3v) is 1.22. The number of nitrogens with zero attached hydrogens (tertiary/aromatic N) is 1. The number of aliphatic imine (C=N–C) groups is 1. The number of allylic oxidation sites excluding steroid dienone is 1. The van der Waals surface area contributed by atoms with E-state index in [1.807, 2.05) is 13.1 Å². The zero-order valence-electron chi connectivity index (χ0n) is 7.46. The van der Waals surface area contributed by atoms with Gasteiger partial charge in [0.1, 0.15) is 0 Å². The summed E-state index contributed by atoms with van der Waals surface area (Å²) >= 11 is 0. The SMILES string of the molecule is CC/C(C=N)=C/N=CC(C)C. The molecule has 0 heterocycles. The molecular weight excluding hydrogens is 136 g/mol. The van der Waals surface area contributed by atoms with E-state index in [0.717, 1.165) is 12.0 Å². The molecule has 0 fully saturated rings. The predicted molar refractivity (Wildman–Crippen MR) is 50.5 cm³/mol. The molecule has 2 nitrogen and oxygen atoms in total. The first-order valence-corrected chi connectivity index (χ1v) is 3.93. The van der Waals surface area contributed by atoms with Crippen LogP contribution in [0.2, 0.25) is 0 Å². The molecule has 0 aromatic rings. The monoisotopic (exact) mass is 152 g/mol. The van der Waals surface area contributed by atoms with Crippen LogP contribution in [0.3, 0.4) is 0 Å². The van der Waals surface area contributed by atoms with E-state index >= 15 is 0 Å². The molecule has 11 heavy (non-hydrogen) atoms. The molecule has 0 atom stereocenters. The molecule has 0 aliphatic carbocycles. The quantitative estimate of drug-likeness (QED) is 0.601. The zero-order chi connectivity index (χ0) is 8.69. The van der Waals surface area contributed by atoms with Crippen molar-refractivity contribution in [2.24, 2.45) is 10.9 Å². The van der Waals surface area contributed by atoms with Crippen LogP contribution in [0.1, 0.15) is 27.2 Å². The van der Waals surface area contributed by atoms with Crippen LogP contribution < -0.4 is 0 Å². The van der Waals surface area contributed by atoms with Crippen molar-refractivity contribution in [1.82, 2.24) is 0 Å². The van der Waals surface area contributed by atoms with Crippen molar-refractivity contribution in [2.75, 3.05) is 0 Å². The molecule has 62 valence electrons. The average molecular weight is 152 g/mol. The van der Waals surface area contributed by atoms with E-state index in [2.05, 4.69) is 18.8 Å². The van der Waals surface area contributed by atoms with Gasteiger partial charge in [-0.3, -0.25) is 4.99 Å². The Hall–Kier alpha value is -0.920. The second-order valence-corrected chi connectivity index (χ2v) is 2.74.